The summed E-state index contributed by atoms with van der Waals surface area (Å²) < 4.78 is 16.3. The first-order valence-corrected chi connectivity index (χ1v) is 10.5. The highest BCUT2D eigenvalue weighted by Crippen LogP contribution is 2.34. The van der Waals surface area contributed by atoms with Crippen molar-refractivity contribution in [3.63, 3.8) is 0 Å². The summed E-state index contributed by atoms with van der Waals surface area (Å²) >= 11 is 0. The number of aromatic hydroxyl groups is 1. The third-order valence-corrected chi connectivity index (χ3v) is 6.76. The zero-order valence-corrected chi connectivity index (χ0v) is 17.7. The lowest BCUT2D eigenvalue weighted by molar-refractivity contribution is 0.176. The Balaban J connectivity index is 1.46. The summed E-state index contributed by atoms with van der Waals surface area (Å²) in [5.74, 6) is 1.10. The van der Waals surface area contributed by atoms with Crippen molar-refractivity contribution in [2.24, 2.45) is 7.05 Å². The first kappa shape index (κ1) is 19.9. The lowest BCUT2D eigenvalue weighted by atomic mass is 9.96. The van der Waals surface area contributed by atoms with Crippen LogP contribution in [0, 0.1) is 6.92 Å². The Kier molecular flexibility index (Phi) is 4.65. The van der Waals surface area contributed by atoms with E-state index in [9.17, 15) is 14.3 Å². The van der Waals surface area contributed by atoms with Crippen molar-refractivity contribution in [3.05, 3.63) is 40.4 Å². The highest BCUT2D eigenvalue weighted by molar-refractivity contribution is 5.86. The Morgan fingerprint density at radius 3 is 2.81 bits per heavy atom. The molecule has 2 fully saturated rings. The summed E-state index contributed by atoms with van der Waals surface area (Å²) in [6.45, 7) is 1.75. The Morgan fingerprint density at radius 2 is 2.06 bits per heavy atom. The summed E-state index contributed by atoms with van der Waals surface area (Å²) in [7, 11) is 3.49. The lowest BCUT2D eigenvalue weighted by Crippen LogP contribution is -2.55. The van der Waals surface area contributed by atoms with E-state index in [1.807, 2.05) is 11.9 Å². The monoisotopic (exact) mass is 424 g/mol. The van der Waals surface area contributed by atoms with E-state index >= 15 is 0 Å². The van der Waals surface area contributed by atoms with Crippen LogP contribution in [-0.4, -0.2) is 56.2 Å². The van der Waals surface area contributed by atoms with Gasteiger partial charge in [0.25, 0.3) is 5.56 Å². The van der Waals surface area contributed by atoms with Gasteiger partial charge in [-0.05, 0) is 50.5 Å². The van der Waals surface area contributed by atoms with Crippen LogP contribution in [0.4, 0.5) is 10.2 Å². The molecule has 0 spiro atoms. The Hall–Kier alpha value is -3.07. The van der Waals surface area contributed by atoms with Crippen LogP contribution in [0.2, 0.25) is 0 Å². The number of phenolic OH excluding ortho intramolecular Hbond substituents is 1. The van der Waals surface area contributed by atoms with Gasteiger partial charge in [-0.25, -0.2) is 9.37 Å². The molecule has 4 heterocycles. The van der Waals surface area contributed by atoms with Crippen molar-refractivity contribution >= 4 is 16.7 Å². The maximum absolute atomic E-state index is 14.9. The van der Waals surface area contributed by atoms with Crippen LogP contribution in [-0.2, 0) is 7.05 Å². The molecule has 0 aliphatic carbocycles. The average Bonchev–Trinajstić information content (AvgIpc) is 3.18. The number of rotatable bonds is 3. The highest BCUT2D eigenvalue weighted by atomic mass is 19.1. The fourth-order valence-electron chi connectivity index (χ4n) is 4.80. The molecule has 2 aliphatic rings. The van der Waals surface area contributed by atoms with Crippen LogP contribution in [0.5, 0.6) is 5.75 Å². The number of piperidine rings is 1. The fourth-order valence-corrected chi connectivity index (χ4v) is 4.80. The van der Waals surface area contributed by atoms with Gasteiger partial charge in [-0.15, -0.1) is 10.2 Å². The molecule has 5 rings (SSSR count). The first-order chi connectivity index (χ1) is 14.8. The SMILES string of the molecule is Cc1nc2cc(-c3ccc(N(C)[C@H]4CC5CCC(N5)[C@H]4F)nn3)c(O)cc2c(=O)n1C. The molecule has 2 aliphatic heterocycles. The van der Waals surface area contributed by atoms with E-state index in [4.69, 9.17) is 0 Å². The molecule has 0 saturated carbocycles. The van der Waals surface area contributed by atoms with E-state index < -0.39 is 6.17 Å². The molecule has 0 amide bonds. The second-order valence-electron chi connectivity index (χ2n) is 8.59. The van der Waals surface area contributed by atoms with Gasteiger partial charge < -0.3 is 15.3 Å². The average molecular weight is 424 g/mol. The zero-order valence-electron chi connectivity index (χ0n) is 17.7. The third-order valence-electron chi connectivity index (χ3n) is 6.76. The number of hydrogen-bond acceptors (Lipinski definition) is 7. The highest BCUT2D eigenvalue weighted by Gasteiger charge is 2.43. The van der Waals surface area contributed by atoms with E-state index in [1.54, 1.807) is 32.2 Å². The number of hydrogen-bond donors (Lipinski definition) is 2. The lowest BCUT2D eigenvalue weighted by Gasteiger charge is -2.38. The van der Waals surface area contributed by atoms with Gasteiger partial charge in [0.15, 0.2) is 5.82 Å². The number of nitrogens with one attached hydrogen (secondary N) is 1. The predicted molar refractivity (Wildman–Crippen MR) is 116 cm³/mol. The number of alkyl halides is 1. The number of benzene rings is 1. The van der Waals surface area contributed by atoms with Gasteiger partial charge >= 0.3 is 0 Å². The third kappa shape index (κ3) is 3.23. The molecule has 2 unspecified atom stereocenters. The Morgan fingerprint density at radius 1 is 1.26 bits per heavy atom. The van der Waals surface area contributed by atoms with Crippen LogP contribution in [0.3, 0.4) is 0 Å². The summed E-state index contributed by atoms with van der Waals surface area (Å²) in [4.78, 5) is 18.7. The maximum Gasteiger partial charge on any atom is 0.261 e. The largest absolute Gasteiger partial charge is 0.507 e. The molecule has 0 radical (unpaired) electrons. The molecule has 31 heavy (non-hydrogen) atoms. The minimum Gasteiger partial charge on any atom is -0.507 e. The summed E-state index contributed by atoms with van der Waals surface area (Å²) in [6.07, 6.45) is 1.67. The quantitative estimate of drug-likeness (QED) is 0.664. The van der Waals surface area contributed by atoms with E-state index in [0.29, 0.717) is 39.8 Å². The van der Waals surface area contributed by atoms with Gasteiger partial charge in [0.05, 0.1) is 22.6 Å². The van der Waals surface area contributed by atoms with Gasteiger partial charge in [0.2, 0.25) is 0 Å². The number of anilines is 1. The van der Waals surface area contributed by atoms with Gasteiger partial charge in [0, 0.05) is 31.7 Å². The van der Waals surface area contributed by atoms with Crippen molar-refractivity contribution in [2.75, 3.05) is 11.9 Å². The first-order valence-electron chi connectivity index (χ1n) is 10.5. The zero-order chi connectivity index (χ0) is 21.9. The number of nitrogens with zero attached hydrogens (tertiary/aromatic N) is 5. The molecular weight excluding hydrogens is 399 g/mol. The predicted octanol–water partition coefficient (Wildman–Crippen LogP) is 2.07. The van der Waals surface area contributed by atoms with Crippen molar-refractivity contribution in [2.45, 2.75) is 50.5 Å². The van der Waals surface area contributed by atoms with Crippen molar-refractivity contribution in [1.29, 1.82) is 0 Å². The Bertz CT molecular complexity index is 1210. The number of phenols is 1. The van der Waals surface area contributed by atoms with Gasteiger partial charge in [-0.3, -0.25) is 9.36 Å². The molecule has 2 aromatic heterocycles. The molecule has 9 heteroatoms. The number of aromatic nitrogens is 4. The molecule has 2 saturated heterocycles. The van der Waals surface area contributed by atoms with Crippen LogP contribution >= 0.6 is 0 Å². The standard InChI is InChI=1S/C22H25FN6O2/c1-11-24-17-9-13(19(30)10-14(17)22(31)28(11)2)15-6-7-20(27-26-15)29(3)18-8-12-4-5-16(25-12)21(18)23/h6-7,9-10,12,16,18,21,25,30H,4-5,8H2,1-3H3/t12?,16?,18-,21+/m0/s1. The Labute approximate surface area is 178 Å². The van der Waals surface area contributed by atoms with E-state index in [0.717, 1.165) is 19.3 Å². The van der Waals surface area contributed by atoms with Crippen molar-refractivity contribution in [3.8, 4) is 17.0 Å². The second kappa shape index (κ2) is 7.26. The van der Waals surface area contributed by atoms with Crippen LogP contribution in [0.25, 0.3) is 22.2 Å². The van der Waals surface area contributed by atoms with Gasteiger partial charge in [0.1, 0.15) is 17.7 Å². The van der Waals surface area contributed by atoms with Crippen molar-refractivity contribution in [1.82, 2.24) is 25.1 Å². The molecule has 3 aromatic rings. The summed E-state index contributed by atoms with van der Waals surface area (Å²) in [5, 5.41) is 22.8. The number of halogens is 1. The van der Waals surface area contributed by atoms with Crippen LogP contribution in [0.15, 0.2) is 29.1 Å². The normalized spacial score (nSPS) is 25.2. The second-order valence-corrected chi connectivity index (χ2v) is 8.59. The molecule has 4 atom stereocenters. The van der Waals surface area contributed by atoms with E-state index in [-0.39, 0.29) is 23.4 Å². The topological polar surface area (TPSA) is 96.2 Å². The minimum absolute atomic E-state index is 0.0654. The maximum atomic E-state index is 14.9. The molecule has 1 aromatic carbocycles. The molecule has 2 bridgehead atoms. The minimum atomic E-state index is -0.952. The van der Waals surface area contributed by atoms with E-state index in [2.05, 4.69) is 20.5 Å². The number of aryl methyl sites for hydroxylation is 1. The fraction of sp³-hybridized carbons (Fsp3) is 0.455. The van der Waals surface area contributed by atoms with Crippen LogP contribution < -0.4 is 15.8 Å². The van der Waals surface area contributed by atoms with E-state index in [1.165, 1.54) is 10.6 Å². The smallest absolute Gasteiger partial charge is 0.261 e. The molecule has 162 valence electrons. The number of fused-ring (bicyclic) bond motifs is 3. The van der Waals surface area contributed by atoms with Crippen molar-refractivity contribution < 1.29 is 9.50 Å². The van der Waals surface area contributed by atoms with Gasteiger partial charge in [-0.1, -0.05) is 0 Å². The molecule has 8 nitrogen and oxygen atoms in total. The summed E-state index contributed by atoms with van der Waals surface area (Å²) in [5.41, 5.74) is 1.17. The van der Waals surface area contributed by atoms with Gasteiger partial charge in [-0.2, -0.15) is 0 Å². The summed E-state index contributed by atoms with van der Waals surface area (Å²) in [6, 6.07) is 6.62. The molecular formula is C22H25FN6O2. The molecule has 2 N–H and O–H groups in total. The van der Waals surface area contributed by atoms with Crippen LogP contribution in [0.1, 0.15) is 25.1 Å².